The number of aromatic nitrogens is 2. The van der Waals surface area contributed by atoms with Crippen LogP contribution < -0.4 is 10.9 Å². The Morgan fingerprint density at radius 2 is 1.74 bits per heavy atom. The molecule has 1 saturated carbocycles. The van der Waals surface area contributed by atoms with Crippen molar-refractivity contribution in [3.8, 4) is 11.3 Å². The van der Waals surface area contributed by atoms with E-state index in [2.05, 4.69) is 23.5 Å². The van der Waals surface area contributed by atoms with Gasteiger partial charge in [0, 0.05) is 17.5 Å². The minimum atomic E-state index is -0.125. The first kappa shape index (κ1) is 20.0. The van der Waals surface area contributed by atoms with Gasteiger partial charge in [0.05, 0.1) is 24.4 Å². The molecule has 0 unspecified atom stereocenters. The third-order valence-electron chi connectivity index (χ3n) is 6.89. The van der Waals surface area contributed by atoms with Crippen LogP contribution in [0, 0.1) is 0 Å². The second-order valence-electron chi connectivity index (χ2n) is 8.86. The maximum Gasteiger partial charge on any atom is 0.259 e. The number of nitrogens with zero attached hydrogens (tertiary/aromatic N) is 2. The van der Waals surface area contributed by atoms with E-state index >= 15 is 0 Å². The molecule has 2 aromatic carbocycles. The van der Waals surface area contributed by atoms with E-state index in [0.717, 1.165) is 54.5 Å². The molecule has 160 valence electrons. The number of hydrogen-bond donors (Lipinski definition) is 2. The first-order valence-corrected chi connectivity index (χ1v) is 11.3. The van der Waals surface area contributed by atoms with Crippen molar-refractivity contribution >= 4 is 5.95 Å². The molecule has 3 aromatic rings. The number of hydrogen-bond acceptors (Lipinski definition) is 4. The smallest absolute Gasteiger partial charge is 0.259 e. The van der Waals surface area contributed by atoms with Crippen LogP contribution in [0.2, 0.25) is 0 Å². The van der Waals surface area contributed by atoms with E-state index in [1.807, 2.05) is 36.4 Å². The van der Waals surface area contributed by atoms with Gasteiger partial charge < -0.3 is 10.4 Å². The van der Waals surface area contributed by atoms with Gasteiger partial charge in [0.15, 0.2) is 0 Å². The molecule has 0 atom stereocenters. The normalized spacial score (nSPS) is 16.5. The number of rotatable bonds is 5. The number of aliphatic hydroxyl groups excluding tert-OH is 1. The molecule has 5 heteroatoms. The van der Waals surface area contributed by atoms with E-state index in [4.69, 9.17) is 4.98 Å². The van der Waals surface area contributed by atoms with Gasteiger partial charge in [-0.05, 0) is 30.4 Å². The lowest BCUT2D eigenvalue weighted by Crippen LogP contribution is -2.43. The SMILES string of the molecule is O=c1c2c(nc(NCCO)n1Cc1ccccc1)-c1ccccc1CC21CCCCC1. The molecule has 0 bridgehead atoms. The maximum absolute atomic E-state index is 14.1. The van der Waals surface area contributed by atoms with Crippen LogP contribution in [0.5, 0.6) is 0 Å². The molecule has 2 N–H and O–H groups in total. The Morgan fingerprint density at radius 3 is 2.52 bits per heavy atom. The molecule has 31 heavy (non-hydrogen) atoms. The van der Waals surface area contributed by atoms with Gasteiger partial charge in [0.1, 0.15) is 0 Å². The summed E-state index contributed by atoms with van der Waals surface area (Å²) in [5.41, 5.74) is 5.09. The van der Waals surface area contributed by atoms with Crippen molar-refractivity contribution in [3.05, 3.63) is 81.6 Å². The summed E-state index contributed by atoms with van der Waals surface area (Å²) in [6.45, 7) is 0.803. The van der Waals surface area contributed by atoms with Gasteiger partial charge >= 0.3 is 0 Å². The predicted molar refractivity (Wildman–Crippen MR) is 124 cm³/mol. The van der Waals surface area contributed by atoms with Crippen LogP contribution in [0.25, 0.3) is 11.3 Å². The second-order valence-corrected chi connectivity index (χ2v) is 8.86. The lowest BCUT2D eigenvalue weighted by atomic mass is 9.62. The summed E-state index contributed by atoms with van der Waals surface area (Å²) in [6, 6.07) is 18.4. The fourth-order valence-corrected chi connectivity index (χ4v) is 5.46. The molecular formula is C26H29N3O2. The van der Waals surface area contributed by atoms with Crippen LogP contribution in [0.15, 0.2) is 59.4 Å². The zero-order chi connectivity index (χ0) is 21.3. The molecule has 1 spiro atoms. The molecule has 5 rings (SSSR count). The van der Waals surface area contributed by atoms with Crippen molar-refractivity contribution in [3.63, 3.8) is 0 Å². The maximum atomic E-state index is 14.1. The van der Waals surface area contributed by atoms with Crippen molar-refractivity contribution in [2.75, 3.05) is 18.5 Å². The Balaban J connectivity index is 1.74. The molecule has 0 aliphatic heterocycles. The minimum absolute atomic E-state index is 0.0151. The average Bonchev–Trinajstić information content (AvgIpc) is 2.80. The molecular weight excluding hydrogens is 386 g/mol. The third kappa shape index (κ3) is 3.57. The summed E-state index contributed by atoms with van der Waals surface area (Å²) in [6.07, 6.45) is 6.55. The van der Waals surface area contributed by atoms with Gasteiger partial charge in [-0.25, -0.2) is 4.98 Å². The highest BCUT2D eigenvalue weighted by molar-refractivity contribution is 5.72. The molecule has 1 aromatic heterocycles. The highest BCUT2D eigenvalue weighted by Crippen LogP contribution is 2.48. The van der Waals surface area contributed by atoms with Crippen LogP contribution in [0.4, 0.5) is 5.95 Å². The largest absolute Gasteiger partial charge is 0.395 e. The third-order valence-corrected chi connectivity index (χ3v) is 6.89. The predicted octanol–water partition coefficient (Wildman–Crippen LogP) is 4.12. The van der Waals surface area contributed by atoms with Crippen LogP contribution in [0.1, 0.15) is 48.8 Å². The van der Waals surface area contributed by atoms with E-state index in [-0.39, 0.29) is 17.6 Å². The summed E-state index contributed by atoms with van der Waals surface area (Å²) < 4.78 is 1.77. The van der Waals surface area contributed by atoms with Crippen molar-refractivity contribution < 1.29 is 5.11 Å². The Hall–Kier alpha value is -2.92. The number of fused-ring (bicyclic) bond motifs is 4. The molecule has 0 amide bonds. The summed E-state index contributed by atoms with van der Waals surface area (Å²) in [4.78, 5) is 19.1. The van der Waals surface area contributed by atoms with Crippen molar-refractivity contribution in [1.82, 2.24) is 9.55 Å². The Bertz CT molecular complexity index is 1130. The van der Waals surface area contributed by atoms with Crippen LogP contribution >= 0.6 is 0 Å². The van der Waals surface area contributed by atoms with E-state index in [0.29, 0.717) is 19.0 Å². The molecule has 2 aliphatic rings. The topological polar surface area (TPSA) is 67.2 Å². The van der Waals surface area contributed by atoms with Gasteiger partial charge in [-0.1, -0.05) is 73.9 Å². The monoisotopic (exact) mass is 415 g/mol. The molecule has 5 nitrogen and oxygen atoms in total. The molecule has 0 saturated heterocycles. The van der Waals surface area contributed by atoms with Gasteiger partial charge in [-0.15, -0.1) is 0 Å². The quantitative estimate of drug-likeness (QED) is 0.658. The van der Waals surface area contributed by atoms with Gasteiger partial charge in [-0.2, -0.15) is 0 Å². The first-order chi connectivity index (χ1) is 15.2. The number of aliphatic hydroxyl groups is 1. The van der Waals surface area contributed by atoms with Crippen LogP contribution in [0.3, 0.4) is 0 Å². The second kappa shape index (κ2) is 8.31. The Kier molecular flexibility index (Phi) is 5.36. The van der Waals surface area contributed by atoms with E-state index < -0.39 is 0 Å². The molecule has 0 radical (unpaired) electrons. The van der Waals surface area contributed by atoms with Gasteiger partial charge in [0.2, 0.25) is 5.95 Å². The highest BCUT2D eigenvalue weighted by atomic mass is 16.3. The fourth-order valence-electron chi connectivity index (χ4n) is 5.46. The minimum Gasteiger partial charge on any atom is -0.395 e. The van der Waals surface area contributed by atoms with Crippen LogP contribution in [-0.4, -0.2) is 27.8 Å². The summed E-state index contributed by atoms with van der Waals surface area (Å²) in [5, 5.41) is 12.6. The van der Waals surface area contributed by atoms with E-state index in [1.165, 1.54) is 12.0 Å². The zero-order valence-corrected chi connectivity index (χ0v) is 17.8. The van der Waals surface area contributed by atoms with E-state index in [1.54, 1.807) is 4.57 Å². The van der Waals surface area contributed by atoms with E-state index in [9.17, 15) is 9.90 Å². The number of benzene rings is 2. The number of nitrogens with one attached hydrogen (secondary N) is 1. The van der Waals surface area contributed by atoms with Crippen LogP contribution in [-0.2, 0) is 18.4 Å². The number of anilines is 1. The highest BCUT2D eigenvalue weighted by Gasteiger charge is 2.43. The molecule has 1 heterocycles. The Morgan fingerprint density at radius 1 is 1.00 bits per heavy atom. The van der Waals surface area contributed by atoms with Crippen molar-refractivity contribution in [2.45, 2.75) is 50.5 Å². The standard InChI is InChI=1S/C26H29N3O2/c30-16-15-27-25-28-23-21-12-6-5-11-20(21)17-26(13-7-2-8-14-26)22(23)24(31)29(25)18-19-9-3-1-4-10-19/h1,3-6,9-12,30H,2,7-8,13-18H2,(H,27,28). The average molecular weight is 416 g/mol. The fraction of sp³-hybridized carbons (Fsp3) is 0.385. The van der Waals surface area contributed by atoms with Crippen molar-refractivity contribution in [2.24, 2.45) is 0 Å². The summed E-state index contributed by atoms with van der Waals surface area (Å²) in [7, 11) is 0. The summed E-state index contributed by atoms with van der Waals surface area (Å²) in [5.74, 6) is 0.532. The first-order valence-electron chi connectivity index (χ1n) is 11.3. The Labute approximate surface area is 182 Å². The summed E-state index contributed by atoms with van der Waals surface area (Å²) >= 11 is 0. The van der Waals surface area contributed by atoms with Gasteiger partial charge in [-0.3, -0.25) is 9.36 Å². The van der Waals surface area contributed by atoms with Gasteiger partial charge in [0.25, 0.3) is 5.56 Å². The molecule has 1 fully saturated rings. The zero-order valence-electron chi connectivity index (χ0n) is 17.8. The molecule has 2 aliphatic carbocycles. The lowest BCUT2D eigenvalue weighted by Gasteiger charge is -2.42. The van der Waals surface area contributed by atoms with Crippen molar-refractivity contribution in [1.29, 1.82) is 0 Å². The lowest BCUT2D eigenvalue weighted by molar-refractivity contribution is 0.283.